The summed E-state index contributed by atoms with van der Waals surface area (Å²) >= 11 is 0.644. The second-order valence-electron chi connectivity index (χ2n) is 9.52. The highest BCUT2D eigenvalue weighted by molar-refractivity contribution is 7.89. The van der Waals surface area contributed by atoms with Gasteiger partial charge in [0.05, 0.1) is 25.5 Å². The van der Waals surface area contributed by atoms with Crippen LogP contribution in [0.1, 0.15) is 37.1 Å². The van der Waals surface area contributed by atoms with Crippen molar-refractivity contribution in [2.75, 3.05) is 31.2 Å². The average molecular weight is 540 g/mol. The van der Waals surface area contributed by atoms with Gasteiger partial charge in [0.2, 0.25) is 10.0 Å². The number of aromatic nitrogens is 4. The highest BCUT2D eigenvalue weighted by Gasteiger charge is 2.48. The van der Waals surface area contributed by atoms with E-state index < -0.39 is 37.7 Å². The molecule has 3 aromatic heterocycles. The number of rotatable bonds is 6. The Morgan fingerprint density at radius 3 is 2.47 bits per heavy atom. The van der Waals surface area contributed by atoms with Crippen molar-refractivity contribution in [3.63, 3.8) is 0 Å². The molecule has 0 bridgehead atoms. The predicted octanol–water partition coefficient (Wildman–Crippen LogP) is 2.88. The second kappa shape index (κ2) is 8.10. The maximum absolute atomic E-state index is 16.0. The summed E-state index contributed by atoms with van der Waals surface area (Å²) in [6.07, 6.45) is 1.71. The van der Waals surface area contributed by atoms with Gasteiger partial charge in [-0.15, -0.1) is 10.2 Å². The van der Waals surface area contributed by atoms with Crippen molar-refractivity contribution in [1.82, 2.24) is 24.3 Å². The van der Waals surface area contributed by atoms with Crippen molar-refractivity contribution in [3.05, 3.63) is 23.2 Å². The molecule has 0 amide bonds. The summed E-state index contributed by atoms with van der Waals surface area (Å²) in [5.74, 6) is -0.979. The van der Waals surface area contributed by atoms with Gasteiger partial charge >= 0.3 is 0 Å². The summed E-state index contributed by atoms with van der Waals surface area (Å²) < 4.78 is 77.8. The number of pyridine rings is 1. The molecule has 3 fully saturated rings. The zero-order valence-electron chi connectivity index (χ0n) is 18.7. The van der Waals surface area contributed by atoms with Crippen LogP contribution in [0.2, 0.25) is 0 Å². The molecule has 1 spiro atoms. The molecule has 10 nitrogen and oxygen atoms in total. The highest BCUT2D eigenvalue weighted by Crippen LogP contribution is 2.43. The standard InChI is InChI=1S/C21H20F3N7O3S2/c22-14-13(36(32,33)29-21(9-25)1-2-21)8-31-12(18-27-28-19(35-18)16(23)24)7-26-17(31)15(14)30-5-3-20(4-6-30)10-34-11-20/h7-8,16,29H,1-6,10-11H2. The molecule has 0 aromatic carbocycles. The molecular weight excluding hydrogens is 519 g/mol. The number of piperidine rings is 1. The number of ether oxygens (including phenoxy) is 1. The first-order valence-corrected chi connectivity index (χ1v) is 13.6. The van der Waals surface area contributed by atoms with Crippen molar-refractivity contribution < 1.29 is 26.3 Å². The third kappa shape index (κ3) is 3.74. The molecule has 5 heterocycles. The number of fused-ring (bicyclic) bond motifs is 1. The van der Waals surface area contributed by atoms with Crippen LogP contribution in [-0.4, -0.2) is 59.8 Å². The van der Waals surface area contributed by atoms with Crippen molar-refractivity contribution >= 4 is 32.7 Å². The molecular formula is C21H20F3N7O3S2. The van der Waals surface area contributed by atoms with Crippen LogP contribution >= 0.6 is 11.3 Å². The van der Waals surface area contributed by atoms with E-state index in [-0.39, 0.29) is 27.5 Å². The molecule has 2 saturated heterocycles. The van der Waals surface area contributed by atoms with Crippen molar-refractivity contribution in [2.45, 2.75) is 42.5 Å². The minimum Gasteiger partial charge on any atom is -0.380 e. The highest BCUT2D eigenvalue weighted by atomic mass is 32.2. The Morgan fingerprint density at radius 1 is 1.19 bits per heavy atom. The number of hydrogen-bond donors (Lipinski definition) is 1. The average Bonchev–Trinajstić information content (AvgIpc) is 3.22. The Bertz CT molecular complexity index is 1500. The number of nitrogens with one attached hydrogen (secondary N) is 1. The first-order chi connectivity index (χ1) is 17.2. The minimum absolute atomic E-state index is 0.000352. The largest absolute Gasteiger partial charge is 0.380 e. The van der Waals surface area contributed by atoms with E-state index in [1.165, 1.54) is 10.6 Å². The quantitative estimate of drug-likeness (QED) is 0.507. The fourth-order valence-corrected chi connectivity index (χ4v) is 6.82. The van der Waals surface area contributed by atoms with Crippen molar-refractivity contribution in [3.8, 4) is 16.8 Å². The molecule has 1 saturated carbocycles. The SMILES string of the molecule is N#CC1(NS(=O)(=O)c2cn3c(-c4nnc(C(F)F)s4)cnc3c(N3CCC4(CC3)COC4)c2F)CC1. The fourth-order valence-electron chi connectivity index (χ4n) is 4.67. The number of nitrogens with zero attached hydrogens (tertiary/aromatic N) is 6. The molecule has 190 valence electrons. The molecule has 0 radical (unpaired) electrons. The molecule has 3 aliphatic rings. The molecule has 0 unspecified atom stereocenters. The topological polar surface area (TPSA) is 126 Å². The van der Waals surface area contributed by atoms with Gasteiger partial charge in [-0.3, -0.25) is 4.40 Å². The molecule has 2 aliphatic heterocycles. The summed E-state index contributed by atoms with van der Waals surface area (Å²) in [6, 6.07) is 1.94. The van der Waals surface area contributed by atoms with E-state index in [2.05, 4.69) is 19.9 Å². The van der Waals surface area contributed by atoms with Crippen LogP contribution in [0.4, 0.5) is 18.9 Å². The van der Waals surface area contributed by atoms with Crippen LogP contribution in [0.15, 0.2) is 17.3 Å². The van der Waals surface area contributed by atoms with Crippen LogP contribution in [-0.2, 0) is 14.8 Å². The van der Waals surface area contributed by atoms with E-state index in [0.717, 1.165) is 19.0 Å². The van der Waals surface area contributed by atoms with Crippen LogP contribution in [0.25, 0.3) is 16.3 Å². The summed E-state index contributed by atoms with van der Waals surface area (Å²) in [5, 5.41) is 16.3. The Balaban J connectivity index is 1.49. The van der Waals surface area contributed by atoms with Crippen molar-refractivity contribution in [1.29, 1.82) is 5.26 Å². The maximum Gasteiger partial charge on any atom is 0.291 e. The third-order valence-electron chi connectivity index (χ3n) is 7.07. The van der Waals surface area contributed by atoms with Gasteiger partial charge in [0.25, 0.3) is 6.43 Å². The smallest absolute Gasteiger partial charge is 0.291 e. The molecule has 1 aliphatic carbocycles. The summed E-state index contributed by atoms with van der Waals surface area (Å²) in [7, 11) is -4.45. The van der Waals surface area contributed by atoms with Crippen molar-refractivity contribution in [2.24, 2.45) is 5.41 Å². The zero-order chi connectivity index (χ0) is 25.3. The predicted molar refractivity (Wildman–Crippen MR) is 122 cm³/mol. The lowest BCUT2D eigenvalue weighted by Gasteiger charge is -2.47. The van der Waals surface area contributed by atoms with E-state index in [0.29, 0.717) is 50.5 Å². The Morgan fingerprint density at radius 2 is 1.92 bits per heavy atom. The number of nitriles is 1. The molecule has 1 N–H and O–H groups in total. The van der Waals surface area contributed by atoms with Gasteiger partial charge in [0, 0.05) is 24.7 Å². The summed E-state index contributed by atoms with van der Waals surface area (Å²) in [6.45, 7) is 2.21. The maximum atomic E-state index is 16.0. The molecule has 6 rings (SSSR count). The van der Waals surface area contributed by atoms with Gasteiger partial charge in [-0.1, -0.05) is 11.3 Å². The van der Waals surface area contributed by atoms with Gasteiger partial charge in [-0.25, -0.2) is 26.6 Å². The lowest BCUT2D eigenvalue weighted by molar-refractivity contribution is -0.124. The lowest BCUT2D eigenvalue weighted by atomic mass is 9.77. The Labute approximate surface area is 207 Å². The van der Waals surface area contributed by atoms with Gasteiger partial charge < -0.3 is 9.64 Å². The Kier molecular flexibility index (Phi) is 5.31. The number of alkyl halides is 2. The van der Waals surface area contributed by atoms with Crippen LogP contribution < -0.4 is 9.62 Å². The first-order valence-electron chi connectivity index (χ1n) is 11.3. The normalized spacial score (nSPS) is 20.6. The molecule has 3 aromatic rings. The number of hydrogen-bond acceptors (Lipinski definition) is 9. The van der Waals surface area contributed by atoms with E-state index in [4.69, 9.17) is 4.74 Å². The molecule has 0 atom stereocenters. The van der Waals surface area contributed by atoms with E-state index in [9.17, 15) is 22.5 Å². The van der Waals surface area contributed by atoms with Gasteiger partial charge in [0.15, 0.2) is 21.5 Å². The summed E-state index contributed by atoms with van der Waals surface area (Å²) in [5.41, 5.74) is -0.865. The van der Waals surface area contributed by atoms with E-state index in [1.807, 2.05) is 6.07 Å². The van der Waals surface area contributed by atoms with Crippen LogP contribution in [0, 0.1) is 22.6 Å². The lowest BCUT2D eigenvalue weighted by Crippen LogP contribution is -2.51. The van der Waals surface area contributed by atoms with Gasteiger partial charge in [-0.2, -0.15) is 9.98 Å². The minimum atomic E-state index is -4.45. The number of halogens is 3. The monoisotopic (exact) mass is 539 g/mol. The Hall–Kier alpha value is -2.80. The van der Waals surface area contributed by atoms with E-state index in [1.54, 1.807) is 4.90 Å². The third-order valence-corrected chi connectivity index (χ3v) is 9.54. The van der Waals surface area contributed by atoms with E-state index >= 15 is 4.39 Å². The molecule has 15 heteroatoms. The van der Waals surface area contributed by atoms with Gasteiger partial charge in [0.1, 0.15) is 21.8 Å². The zero-order valence-corrected chi connectivity index (χ0v) is 20.4. The number of imidazole rings is 1. The van der Waals surface area contributed by atoms with Crippen LogP contribution in [0.3, 0.4) is 0 Å². The fraction of sp³-hybridized carbons (Fsp3) is 0.524. The van der Waals surface area contributed by atoms with Crippen LogP contribution in [0.5, 0.6) is 0 Å². The number of sulfonamides is 1. The van der Waals surface area contributed by atoms with Gasteiger partial charge in [-0.05, 0) is 25.7 Å². The molecule has 36 heavy (non-hydrogen) atoms. The second-order valence-corrected chi connectivity index (χ2v) is 12.2. The summed E-state index contributed by atoms with van der Waals surface area (Å²) in [4.78, 5) is 5.42. The first kappa shape index (κ1) is 23.6. The number of anilines is 1.